The van der Waals surface area contributed by atoms with E-state index >= 15 is 0 Å². The molecular formula is C22H31N3O2. The van der Waals surface area contributed by atoms with Crippen LogP contribution in [-0.2, 0) is 4.79 Å². The van der Waals surface area contributed by atoms with Crippen LogP contribution in [-0.4, -0.2) is 42.9 Å². The van der Waals surface area contributed by atoms with Crippen molar-refractivity contribution >= 4 is 17.5 Å². The number of benzene rings is 1. The minimum absolute atomic E-state index is 0.0530. The van der Waals surface area contributed by atoms with Gasteiger partial charge in [0.25, 0.3) is 5.91 Å². The number of nitrogens with one attached hydrogen (secondary N) is 2. The van der Waals surface area contributed by atoms with Crippen molar-refractivity contribution in [3.05, 3.63) is 41.5 Å². The van der Waals surface area contributed by atoms with Gasteiger partial charge in [0.05, 0.1) is 6.54 Å². The molecule has 2 N–H and O–H groups in total. The highest BCUT2D eigenvalue weighted by atomic mass is 16.2. The zero-order valence-corrected chi connectivity index (χ0v) is 16.1. The molecule has 0 saturated carbocycles. The Bertz CT molecular complexity index is 661. The molecule has 5 nitrogen and oxygen atoms in total. The molecular weight excluding hydrogens is 338 g/mol. The number of allylic oxidation sites excluding steroid dienone is 1. The average molecular weight is 370 g/mol. The maximum atomic E-state index is 12.5. The lowest BCUT2D eigenvalue weighted by Crippen LogP contribution is -2.35. The van der Waals surface area contributed by atoms with Crippen molar-refractivity contribution in [1.29, 1.82) is 0 Å². The number of carbonyl (C=O) groups excluding carboxylic acids is 2. The Balaban J connectivity index is 1.39. The molecule has 1 aliphatic heterocycles. The highest BCUT2D eigenvalue weighted by Crippen LogP contribution is 2.19. The third kappa shape index (κ3) is 6.21. The van der Waals surface area contributed by atoms with Gasteiger partial charge in [-0.2, -0.15) is 0 Å². The van der Waals surface area contributed by atoms with Gasteiger partial charge < -0.3 is 15.5 Å². The Hall–Kier alpha value is -2.14. The molecule has 1 fully saturated rings. The molecule has 0 aromatic heterocycles. The first-order valence-corrected chi connectivity index (χ1v) is 10.3. The molecule has 0 unspecified atom stereocenters. The topological polar surface area (TPSA) is 61.4 Å². The fourth-order valence-electron chi connectivity index (χ4n) is 3.76. The monoisotopic (exact) mass is 369 g/mol. The summed E-state index contributed by atoms with van der Waals surface area (Å²) in [5, 5.41) is 6.10. The summed E-state index contributed by atoms with van der Waals surface area (Å²) < 4.78 is 0. The Kier molecular flexibility index (Phi) is 7.45. The number of carbonyl (C=O) groups is 2. The third-order valence-electron chi connectivity index (χ3n) is 5.35. The van der Waals surface area contributed by atoms with Gasteiger partial charge in [-0.25, -0.2) is 0 Å². The van der Waals surface area contributed by atoms with Gasteiger partial charge in [0.1, 0.15) is 0 Å². The highest BCUT2D eigenvalue weighted by Gasteiger charge is 2.17. The van der Waals surface area contributed by atoms with Crippen LogP contribution in [0.1, 0.15) is 61.7 Å². The number of piperidine rings is 1. The van der Waals surface area contributed by atoms with Crippen molar-refractivity contribution in [3.8, 4) is 0 Å². The minimum Gasteiger partial charge on any atom is -0.339 e. The van der Waals surface area contributed by atoms with Crippen LogP contribution >= 0.6 is 0 Å². The number of nitrogens with zero attached hydrogens (tertiary/aromatic N) is 1. The molecule has 0 bridgehead atoms. The molecule has 2 aliphatic rings. The Morgan fingerprint density at radius 2 is 1.74 bits per heavy atom. The van der Waals surface area contributed by atoms with Crippen molar-refractivity contribution in [2.24, 2.45) is 0 Å². The van der Waals surface area contributed by atoms with Gasteiger partial charge in [-0.15, -0.1) is 0 Å². The summed E-state index contributed by atoms with van der Waals surface area (Å²) in [6.07, 6.45) is 11.8. The zero-order chi connectivity index (χ0) is 18.9. The smallest absolute Gasteiger partial charge is 0.253 e. The normalized spacial score (nSPS) is 17.3. The number of rotatable bonds is 7. The predicted octanol–water partition coefficient (Wildman–Crippen LogP) is 3.73. The van der Waals surface area contributed by atoms with E-state index in [2.05, 4.69) is 16.7 Å². The van der Waals surface area contributed by atoms with Crippen LogP contribution in [0, 0.1) is 0 Å². The van der Waals surface area contributed by atoms with Crippen molar-refractivity contribution in [1.82, 2.24) is 10.2 Å². The average Bonchev–Trinajstić information content (AvgIpc) is 2.73. The lowest BCUT2D eigenvalue weighted by Gasteiger charge is -2.26. The van der Waals surface area contributed by atoms with Crippen molar-refractivity contribution < 1.29 is 9.59 Å². The van der Waals surface area contributed by atoms with Crippen molar-refractivity contribution in [2.75, 3.05) is 31.5 Å². The molecule has 3 rings (SSSR count). The van der Waals surface area contributed by atoms with Gasteiger partial charge in [-0.1, -0.05) is 11.6 Å². The first kappa shape index (κ1) is 19.6. The number of hydrogen-bond acceptors (Lipinski definition) is 3. The molecule has 1 aromatic rings. The molecule has 1 aromatic carbocycles. The Morgan fingerprint density at radius 1 is 0.963 bits per heavy atom. The summed E-state index contributed by atoms with van der Waals surface area (Å²) >= 11 is 0. The fraction of sp³-hybridized carbons (Fsp3) is 0.545. The van der Waals surface area contributed by atoms with Crippen molar-refractivity contribution in [2.45, 2.75) is 51.4 Å². The number of amides is 2. The van der Waals surface area contributed by atoms with Gasteiger partial charge in [0.2, 0.25) is 5.91 Å². The highest BCUT2D eigenvalue weighted by molar-refractivity contribution is 5.96. The second-order valence-electron chi connectivity index (χ2n) is 7.51. The second-order valence-corrected chi connectivity index (χ2v) is 7.51. The first-order chi connectivity index (χ1) is 13.2. The summed E-state index contributed by atoms with van der Waals surface area (Å²) in [6.45, 7) is 2.84. The van der Waals surface area contributed by atoms with Crippen LogP contribution in [0.3, 0.4) is 0 Å². The molecule has 1 saturated heterocycles. The summed E-state index contributed by atoms with van der Waals surface area (Å²) in [5.74, 6) is 0.0361. The van der Waals surface area contributed by atoms with E-state index in [1.54, 1.807) is 12.1 Å². The van der Waals surface area contributed by atoms with E-state index in [0.717, 1.165) is 44.6 Å². The molecule has 0 radical (unpaired) electrons. The summed E-state index contributed by atoms with van der Waals surface area (Å²) in [6, 6.07) is 7.22. The quantitative estimate of drug-likeness (QED) is 0.569. The SMILES string of the molecule is O=C(CNCCC1=CCCCC1)Nc1ccc(C(=O)N2CCCCC2)cc1. The molecule has 0 spiro atoms. The second kappa shape index (κ2) is 10.3. The maximum absolute atomic E-state index is 12.5. The standard InChI is InChI=1S/C22H31N3O2/c26-21(17-23-14-13-18-7-3-1-4-8-18)24-20-11-9-19(10-12-20)22(27)25-15-5-2-6-16-25/h7,9-12,23H,1-6,8,13-17H2,(H,24,26). The Morgan fingerprint density at radius 3 is 2.44 bits per heavy atom. The molecule has 5 heteroatoms. The van der Waals surface area contributed by atoms with Gasteiger partial charge in [-0.05, 0) is 82.2 Å². The predicted molar refractivity (Wildman–Crippen MR) is 109 cm³/mol. The van der Waals surface area contributed by atoms with Crippen molar-refractivity contribution in [3.63, 3.8) is 0 Å². The van der Waals surface area contributed by atoms with Gasteiger partial charge in [0.15, 0.2) is 0 Å². The van der Waals surface area contributed by atoms with Gasteiger partial charge in [0, 0.05) is 24.3 Å². The van der Waals surface area contributed by atoms with Crippen LogP contribution in [0.5, 0.6) is 0 Å². The van der Waals surface area contributed by atoms with Gasteiger partial charge >= 0.3 is 0 Å². The van der Waals surface area contributed by atoms with Gasteiger partial charge in [-0.3, -0.25) is 9.59 Å². The van der Waals surface area contributed by atoms with E-state index in [1.807, 2.05) is 17.0 Å². The van der Waals surface area contributed by atoms with Crippen LogP contribution < -0.4 is 10.6 Å². The third-order valence-corrected chi connectivity index (χ3v) is 5.35. The summed E-state index contributed by atoms with van der Waals surface area (Å²) in [7, 11) is 0. The van der Waals surface area contributed by atoms with E-state index in [0.29, 0.717) is 12.1 Å². The largest absolute Gasteiger partial charge is 0.339 e. The van der Waals surface area contributed by atoms with E-state index < -0.39 is 0 Å². The minimum atomic E-state index is -0.0530. The van der Waals surface area contributed by atoms with Crippen LogP contribution in [0.25, 0.3) is 0 Å². The fourth-order valence-corrected chi connectivity index (χ4v) is 3.76. The molecule has 27 heavy (non-hydrogen) atoms. The number of likely N-dealkylation sites (tertiary alicyclic amines) is 1. The molecule has 1 aliphatic carbocycles. The first-order valence-electron chi connectivity index (χ1n) is 10.3. The molecule has 1 heterocycles. The van der Waals surface area contributed by atoms with Crippen LogP contribution in [0.2, 0.25) is 0 Å². The molecule has 146 valence electrons. The lowest BCUT2D eigenvalue weighted by atomic mass is 9.97. The molecule has 0 atom stereocenters. The van der Waals surface area contributed by atoms with E-state index in [4.69, 9.17) is 0 Å². The number of hydrogen-bond donors (Lipinski definition) is 2. The summed E-state index contributed by atoms with van der Waals surface area (Å²) in [4.78, 5) is 26.4. The molecule has 2 amide bonds. The van der Waals surface area contributed by atoms with Crippen LogP contribution in [0.15, 0.2) is 35.9 Å². The van der Waals surface area contributed by atoms with E-state index in [9.17, 15) is 9.59 Å². The van der Waals surface area contributed by atoms with E-state index in [-0.39, 0.29) is 11.8 Å². The Labute approximate surface area is 162 Å². The van der Waals surface area contributed by atoms with E-state index in [1.165, 1.54) is 37.7 Å². The number of anilines is 1. The summed E-state index contributed by atoms with van der Waals surface area (Å²) in [5.41, 5.74) is 2.93. The zero-order valence-electron chi connectivity index (χ0n) is 16.1. The maximum Gasteiger partial charge on any atom is 0.253 e. The lowest BCUT2D eigenvalue weighted by molar-refractivity contribution is -0.115. The van der Waals surface area contributed by atoms with Crippen LogP contribution in [0.4, 0.5) is 5.69 Å².